The van der Waals surface area contributed by atoms with Crippen LogP contribution in [0.1, 0.15) is 18.4 Å². The lowest BCUT2D eigenvalue weighted by atomic mass is 10.2. The predicted molar refractivity (Wildman–Crippen MR) is 85.9 cm³/mol. The third-order valence-electron chi connectivity index (χ3n) is 3.01. The zero-order valence-electron chi connectivity index (χ0n) is 12.2. The number of amides is 1. The van der Waals surface area contributed by atoms with Crippen LogP contribution in [0.2, 0.25) is 5.02 Å². The summed E-state index contributed by atoms with van der Waals surface area (Å²) in [5.74, 6) is 0.00376. The molecule has 0 saturated carbocycles. The highest BCUT2D eigenvalue weighted by molar-refractivity contribution is 6.30. The molecule has 5 heteroatoms. The van der Waals surface area contributed by atoms with Crippen molar-refractivity contribution >= 4 is 23.2 Å². The van der Waals surface area contributed by atoms with Crippen molar-refractivity contribution in [2.24, 2.45) is 0 Å². The Bertz CT molecular complexity index is 661. The first kappa shape index (κ1) is 16.3. The van der Waals surface area contributed by atoms with Gasteiger partial charge in [0.1, 0.15) is 11.6 Å². The van der Waals surface area contributed by atoms with E-state index in [9.17, 15) is 9.18 Å². The van der Waals surface area contributed by atoms with Crippen LogP contribution < -0.4 is 10.1 Å². The van der Waals surface area contributed by atoms with E-state index in [0.29, 0.717) is 18.1 Å². The molecule has 0 saturated heterocycles. The lowest BCUT2D eigenvalue weighted by Gasteiger charge is -2.08. The Morgan fingerprint density at radius 2 is 2.09 bits per heavy atom. The van der Waals surface area contributed by atoms with Crippen molar-refractivity contribution < 1.29 is 13.9 Å². The Morgan fingerprint density at radius 1 is 1.27 bits per heavy atom. The number of aryl methyl sites for hydroxylation is 1. The van der Waals surface area contributed by atoms with E-state index in [4.69, 9.17) is 16.3 Å². The molecule has 3 nitrogen and oxygen atoms in total. The van der Waals surface area contributed by atoms with Gasteiger partial charge in [-0.05, 0) is 49.2 Å². The lowest BCUT2D eigenvalue weighted by molar-refractivity contribution is -0.116. The van der Waals surface area contributed by atoms with Gasteiger partial charge in [0, 0.05) is 11.4 Å². The van der Waals surface area contributed by atoms with Gasteiger partial charge in [0.2, 0.25) is 5.91 Å². The van der Waals surface area contributed by atoms with Crippen molar-refractivity contribution in [3.8, 4) is 5.75 Å². The number of rotatable bonds is 6. The average Bonchev–Trinajstić information content (AvgIpc) is 2.48. The molecule has 0 atom stereocenters. The minimum atomic E-state index is -0.506. The monoisotopic (exact) mass is 321 g/mol. The second kappa shape index (κ2) is 7.80. The van der Waals surface area contributed by atoms with Crippen LogP contribution in [-0.4, -0.2) is 12.5 Å². The molecule has 0 bridgehead atoms. The van der Waals surface area contributed by atoms with Crippen LogP contribution in [0.4, 0.5) is 10.1 Å². The summed E-state index contributed by atoms with van der Waals surface area (Å²) in [6.45, 7) is 2.41. The van der Waals surface area contributed by atoms with Gasteiger partial charge in [-0.3, -0.25) is 4.79 Å². The maximum atomic E-state index is 13.5. The van der Waals surface area contributed by atoms with E-state index >= 15 is 0 Å². The highest BCUT2D eigenvalue weighted by Crippen LogP contribution is 2.19. The molecular formula is C17H17ClFNO2. The van der Waals surface area contributed by atoms with Crippen molar-refractivity contribution in [3.63, 3.8) is 0 Å². The van der Waals surface area contributed by atoms with Crippen LogP contribution in [0.25, 0.3) is 0 Å². The number of carbonyl (C=O) groups excluding carboxylic acids is 1. The van der Waals surface area contributed by atoms with Gasteiger partial charge in [-0.1, -0.05) is 23.7 Å². The highest BCUT2D eigenvalue weighted by Gasteiger charge is 2.07. The van der Waals surface area contributed by atoms with Gasteiger partial charge in [-0.25, -0.2) is 4.39 Å². The van der Waals surface area contributed by atoms with Crippen molar-refractivity contribution in [2.75, 3.05) is 11.9 Å². The number of hydrogen-bond acceptors (Lipinski definition) is 2. The fourth-order valence-corrected chi connectivity index (χ4v) is 2.11. The molecule has 2 rings (SSSR count). The number of hydrogen-bond donors (Lipinski definition) is 1. The van der Waals surface area contributed by atoms with Crippen LogP contribution >= 0.6 is 11.6 Å². The average molecular weight is 322 g/mol. The molecular weight excluding hydrogens is 305 g/mol. The first-order valence-electron chi connectivity index (χ1n) is 6.99. The summed E-state index contributed by atoms with van der Waals surface area (Å²) in [5.41, 5.74) is 1.21. The molecule has 2 aromatic rings. The summed E-state index contributed by atoms with van der Waals surface area (Å²) in [5, 5.41) is 2.88. The highest BCUT2D eigenvalue weighted by atomic mass is 35.5. The summed E-state index contributed by atoms with van der Waals surface area (Å²) < 4.78 is 19.0. The van der Waals surface area contributed by atoms with Crippen molar-refractivity contribution in [1.29, 1.82) is 0 Å². The Morgan fingerprint density at radius 3 is 2.86 bits per heavy atom. The first-order chi connectivity index (χ1) is 10.5. The summed E-state index contributed by atoms with van der Waals surface area (Å²) in [7, 11) is 0. The minimum Gasteiger partial charge on any atom is -0.494 e. The molecule has 0 fully saturated rings. The third-order valence-corrected chi connectivity index (χ3v) is 3.24. The van der Waals surface area contributed by atoms with E-state index in [-0.39, 0.29) is 18.0 Å². The number of anilines is 1. The van der Waals surface area contributed by atoms with Crippen LogP contribution in [-0.2, 0) is 4.79 Å². The number of carbonyl (C=O) groups is 1. The molecule has 22 heavy (non-hydrogen) atoms. The SMILES string of the molecule is Cc1cccc(OCCCC(=O)Nc2cc(Cl)ccc2F)c1. The molecule has 0 radical (unpaired) electrons. The number of ether oxygens (including phenoxy) is 1. The normalized spacial score (nSPS) is 10.3. The fraction of sp³-hybridized carbons (Fsp3) is 0.235. The molecule has 2 aromatic carbocycles. The minimum absolute atomic E-state index is 0.0945. The quantitative estimate of drug-likeness (QED) is 0.790. The van der Waals surface area contributed by atoms with Gasteiger partial charge in [0.05, 0.1) is 12.3 Å². The lowest BCUT2D eigenvalue weighted by Crippen LogP contribution is -2.13. The second-order valence-electron chi connectivity index (χ2n) is 4.94. The molecule has 1 amide bonds. The largest absolute Gasteiger partial charge is 0.494 e. The topological polar surface area (TPSA) is 38.3 Å². The number of benzene rings is 2. The predicted octanol–water partition coefficient (Wildman–Crippen LogP) is 4.59. The molecule has 0 aliphatic heterocycles. The molecule has 1 N–H and O–H groups in total. The van der Waals surface area contributed by atoms with E-state index in [1.807, 2.05) is 31.2 Å². The smallest absolute Gasteiger partial charge is 0.224 e. The van der Waals surface area contributed by atoms with Gasteiger partial charge in [0.15, 0.2) is 0 Å². The molecule has 0 heterocycles. The third kappa shape index (κ3) is 5.04. The van der Waals surface area contributed by atoms with Gasteiger partial charge in [0.25, 0.3) is 0 Å². The Balaban J connectivity index is 1.75. The van der Waals surface area contributed by atoms with Gasteiger partial charge >= 0.3 is 0 Å². The summed E-state index contributed by atoms with van der Waals surface area (Å²) in [4.78, 5) is 11.8. The summed E-state index contributed by atoms with van der Waals surface area (Å²) in [6, 6.07) is 11.7. The van der Waals surface area contributed by atoms with Crippen LogP contribution in [0.15, 0.2) is 42.5 Å². The Labute approximate surface area is 134 Å². The summed E-state index contributed by atoms with van der Waals surface area (Å²) in [6.07, 6.45) is 0.791. The standard InChI is InChI=1S/C17H17ClFNO2/c1-12-4-2-5-14(10-12)22-9-3-6-17(21)20-16-11-13(18)7-8-15(16)19/h2,4-5,7-8,10-11H,3,6,9H2,1H3,(H,20,21). The molecule has 116 valence electrons. The van der Waals surface area contributed by atoms with Crippen LogP contribution in [0.3, 0.4) is 0 Å². The van der Waals surface area contributed by atoms with Crippen molar-refractivity contribution in [2.45, 2.75) is 19.8 Å². The van der Waals surface area contributed by atoms with E-state index < -0.39 is 5.82 Å². The molecule has 0 spiro atoms. The molecule has 0 aliphatic rings. The zero-order chi connectivity index (χ0) is 15.9. The van der Waals surface area contributed by atoms with Gasteiger partial charge < -0.3 is 10.1 Å². The van der Waals surface area contributed by atoms with E-state index in [1.165, 1.54) is 18.2 Å². The first-order valence-corrected chi connectivity index (χ1v) is 7.37. The molecule has 0 unspecified atom stereocenters. The maximum absolute atomic E-state index is 13.5. The number of halogens is 2. The van der Waals surface area contributed by atoms with E-state index in [0.717, 1.165) is 11.3 Å². The summed E-state index contributed by atoms with van der Waals surface area (Å²) >= 11 is 5.77. The Hall–Kier alpha value is -2.07. The van der Waals surface area contributed by atoms with Crippen LogP contribution in [0.5, 0.6) is 5.75 Å². The van der Waals surface area contributed by atoms with Crippen molar-refractivity contribution in [1.82, 2.24) is 0 Å². The molecule has 0 aliphatic carbocycles. The fourth-order valence-electron chi connectivity index (χ4n) is 1.93. The van der Waals surface area contributed by atoms with E-state index in [1.54, 1.807) is 0 Å². The van der Waals surface area contributed by atoms with Gasteiger partial charge in [-0.2, -0.15) is 0 Å². The number of nitrogens with one attached hydrogen (secondary N) is 1. The van der Waals surface area contributed by atoms with E-state index in [2.05, 4.69) is 5.32 Å². The van der Waals surface area contributed by atoms with Gasteiger partial charge in [-0.15, -0.1) is 0 Å². The molecule has 0 aromatic heterocycles. The maximum Gasteiger partial charge on any atom is 0.224 e. The zero-order valence-corrected chi connectivity index (χ0v) is 13.0. The van der Waals surface area contributed by atoms with Crippen LogP contribution in [0, 0.1) is 12.7 Å². The second-order valence-corrected chi connectivity index (χ2v) is 5.38. The van der Waals surface area contributed by atoms with Crippen molar-refractivity contribution in [3.05, 3.63) is 58.9 Å². The Kier molecular flexibility index (Phi) is 5.78.